The summed E-state index contributed by atoms with van der Waals surface area (Å²) < 4.78 is 24.2. The summed E-state index contributed by atoms with van der Waals surface area (Å²) in [4.78, 5) is 0. The molecule has 0 heterocycles. The number of unbranched alkanes of at least 4 members (excludes halogenated alkanes) is 4. The smallest absolute Gasteiger partial charge is 0.143 e. The third-order valence-corrected chi connectivity index (χ3v) is 13.4. The minimum Gasteiger partial charge on any atom is -0.494 e. The fourth-order valence-electron chi connectivity index (χ4n) is 9.35. The van der Waals surface area contributed by atoms with Gasteiger partial charge in [0.15, 0.2) is 0 Å². The van der Waals surface area contributed by atoms with Crippen LogP contribution in [0.5, 0.6) is 23.0 Å². The zero-order valence-electron chi connectivity index (χ0n) is 41.1. The lowest BCUT2D eigenvalue weighted by Gasteiger charge is -2.43. The molecule has 370 valence electrons. The molecule has 8 heteroatoms. The Balaban J connectivity index is 1.24. The molecule has 8 nitrogen and oxygen atoms in total. The number of allylic oxidation sites excluding steroid dienone is 4. The van der Waals surface area contributed by atoms with Crippen LogP contribution in [0.15, 0.2) is 196 Å². The fourth-order valence-corrected chi connectivity index (χ4v) is 9.35. The van der Waals surface area contributed by atoms with Gasteiger partial charge in [-0.1, -0.05) is 97.1 Å². The number of hydrogen-bond donors (Lipinski definition) is 4. The van der Waals surface area contributed by atoms with Crippen LogP contribution in [0.25, 0.3) is 43.1 Å². The van der Waals surface area contributed by atoms with E-state index in [4.69, 9.17) is 18.9 Å². The van der Waals surface area contributed by atoms with Crippen LogP contribution in [0.2, 0.25) is 0 Å². The van der Waals surface area contributed by atoms with E-state index in [9.17, 15) is 20.4 Å². The second-order valence-electron chi connectivity index (χ2n) is 18.4. The zero-order valence-corrected chi connectivity index (χ0v) is 41.1. The van der Waals surface area contributed by atoms with Gasteiger partial charge in [-0.05, 0) is 190 Å². The Kier molecular flexibility index (Phi) is 16.9. The maximum Gasteiger partial charge on any atom is 0.143 e. The molecule has 2 unspecified atom stereocenters. The van der Waals surface area contributed by atoms with Gasteiger partial charge in [-0.15, -0.1) is 26.3 Å². The van der Waals surface area contributed by atoms with E-state index in [1.165, 1.54) is 0 Å². The molecule has 0 radical (unpaired) electrons. The van der Waals surface area contributed by atoms with Crippen molar-refractivity contribution in [2.45, 2.75) is 74.8 Å². The van der Waals surface area contributed by atoms with Gasteiger partial charge < -0.3 is 39.4 Å². The Hall–Kier alpha value is -7.20. The maximum atomic E-state index is 13.6. The minimum atomic E-state index is -2.29. The van der Waals surface area contributed by atoms with Crippen molar-refractivity contribution in [3.63, 3.8) is 0 Å². The standard InChI is InChI=1S/C64H66O8/c1-5-9-13-33-69-57-29-21-45-37-53(25-17-49(45)41-57)63(67,54-26-18-50-42-58(30-22-46(50)38-54)70-34-14-10-6-2)61(65)62(66)64(68,55-27-19-51-43-59(31-23-47(51)39-55)71-35-15-11-7-3)56-28-20-52-44-60(32-24-48(52)40-56)72-36-16-12-8-4/h5-8,17-32,37-44,61-62,65-68H,1-4,9-16,33-36H2. The number of ether oxygens (including phenoxy) is 4. The first-order chi connectivity index (χ1) is 35.1. The van der Waals surface area contributed by atoms with Gasteiger partial charge in [0.25, 0.3) is 0 Å². The third kappa shape index (κ3) is 11.4. The Labute approximate surface area is 423 Å². The van der Waals surface area contributed by atoms with Gasteiger partial charge in [0, 0.05) is 0 Å². The predicted molar refractivity (Wildman–Crippen MR) is 294 cm³/mol. The molecule has 2 atom stereocenters. The monoisotopic (exact) mass is 962 g/mol. The van der Waals surface area contributed by atoms with Gasteiger partial charge in [-0.2, -0.15) is 0 Å². The predicted octanol–water partition coefficient (Wildman–Crippen LogP) is 13.6. The maximum absolute atomic E-state index is 13.6. The third-order valence-electron chi connectivity index (χ3n) is 13.4. The fraction of sp³-hybridized carbons (Fsp3) is 0.250. The van der Waals surface area contributed by atoms with Gasteiger partial charge in [0.05, 0.1) is 26.4 Å². The van der Waals surface area contributed by atoms with Crippen molar-refractivity contribution in [2.24, 2.45) is 0 Å². The molecule has 0 saturated heterocycles. The number of rotatable bonds is 27. The van der Waals surface area contributed by atoms with E-state index in [-0.39, 0.29) is 0 Å². The Morgan fingerprint density at radius 2 is 0.542 bits per heavy atom. The molecule has 0 spiro atoms. The molecule has 0 fully saturated rings. The topological polar surface area (TPSA) is 118 Å². The highest BCUT2D eigenvalue weighted by molar-refractivity contribution is 5.88. The first-order valence-electron chi connectivity index (χ1n) is 25.0. The van der Waals surface area contributed by atoms with E-state index in [1.807, 2.05) is 146 Å². The summed E-state index contributed by atoms with van der Waals surface area (Å²) in [6, 6.07) is 44.7. The lowest BCUT2D eigenvalue weighted by atomic mass is 9.71. The van der Waals surface area contributed by atoms with Crippen LogP contribution in [0, 0.1) is 0 Å². The molecule has 0 aromatic heterocycles. The molecule has 0 saturated carbocycles. The summed E-state index contributed by atoms with van der Waals surface area (Å²) >= 11 is 0. The second-order valence-corrected chi connectivity index (χ2v) is 18.4. The van der Waals surface area contributed by atoms with Gasteiger partial charge in [0.2, 0.25) is 0 Å². The molecule has 8 rings (SSSR count). The first-order valence-corrected chi connectivity index (χ1v) is 25.0. The van der Waals surface area contributed by atoms with Crippen LogP contribution >= 0.6 is 0 Å². The number of aliphatic hydroxyl groups is 4. The Bertz CT molecular complexity index is 2760. The van der Waals surface area contributed by atoms with Crippen molar-refractivity contribution in [2.75, 3.05) is 26.4 Å². The molecule has 0 aliphatic rings. The normalized spacial score (nSPS) is 12.7. The molecular weight excluding hydrogens is 897 g/mol. The largest absolute Gasteiger partial charge is 0.494 e. The lowest BCUT2D eigenvalue weighted by molar-refractivity contribution is -0.166. The summed E-state index contributed by atoms with van der Waals surface area (Å²) in [5.41, 5.74) is -3.35. The number of hydrogen-bond acceptors (Lipinski definition) is 8. The molecule has 0 aliphatic carbocycles. The second kappa shape index (κ2) is 23.8. The Morgan fingerprint density at radius 3 is 0.764 bits per heavy atom. The number of fused-ring (bicyclic) bond motifs is 4. The van der Waals surface area contributed by atoms with E-state index in [0.29, 0.717) is 71.7 Å². The summed E-state index contributed by atoms with van der Waals surface area (Å²) in [5.74, 6) is 2.83. The van der Waals surface area contributed by atoms with E-state index < -0.39 is 23.4 Å². The lowest BCUT2D eigenvalue weighted by Crippen LogP contribution is -2.56. The summed E-state index contributed by atoms with van der Waals surface area (Å²) in [6.07, 6.45) is 10.2. The molecule has 8 aromatic carbocycles. The highest BCUT2D eigenvalue weighted by Crippen LogP contribution is 2.45. The van der Waals surface area contributed by atoms with Crippen LogP contribution in [0.3, 0.4) is 0 Å². The highest BCUT2D eigenvalue weighted by atomic mass is 16.5. The molecule has 0 amide bonds. The van der Waals surface area contributed by atoms with E-state index in [0.717, 1.165) is 94.5 Å². The molecule has 0 aliphatic heterocycles. The number of aliphatic hydroxyl groups excluding tert-OH is 2. The molecule has 4 N–H and O–H groups in total. The molecular formula is C64H66O8. The van der Waals surface area contributed by atoms with Crippen LogP contribution < -0.4 is 18.9 Å². The van der Waals surface area contributed by atoms with Crippen LogP contribution in [0.1, 0.15) is 73.6 Å². The van der Waals surface area contributed by atoms with Crippen molar-refractivity contribution < 1.29 is 39.4 Å². The molecule has 72 heavy (non-hydrogen) atoms. The summed E-state index contributed by atoms with van der Waals surface area (Å²) in [5, 5.41) is 59.9. The van der Waals surface area contributed by atoms with Crippen molar-refractivity contribution in [3.8, 4) is 23.0 Å². The van der Waals surface area contributed by atoms with E-state index in [2.05, 4.69) is 26.3 Å². The quantitative estimate of drug-likeness (QED) is 0.0297. The molecule has 8 aromatic rings. The first kappa shape index (κ1) is 51.2. The van der Waals surface area contributed by atoms with E-state index in [1.54, 1.807) is 24.3 Å². The number of benzene rings is 8. The Morgan fingerprint density at radius 1 is 0.333 bits per heavy atom. The summed E-state index contributed by atoms with van der Waals surface area (Å²) in [6.45, 7) is 17.4. The SMILES string of the molecule is C=CCCCOc1ccc2cc(C(O)(c3ccc4cc(OCCCC=C)ccc4c3)C(O)C(O)C(O)(c3ccc4cc(OCCCC=C)ccc4c3)c3ccc4cc(OCCCC=C)ccc4c3)ccc2c1. The van der Waals surface area contributed by atoms with Gasteiger partial charge in [-0.3, -0.25) is 0 Å². The van der Waals surface area contributed by atoms with Crippen molar-refractivity contribution in [1.82, 2.24) is 0 Å². The van der Waals surface area contributed by atoms with Gasteiger partial charge in [0.1, 0.15) is 46.4 Å². The average Bonchev–Trinajstić information content (AvgIpc) is 3.41. The highest BCUT2D eigenvalue weighted by Gasteiger charge is 2.52. The average molecular weight is 963 g/mol. The zero-order chi connectivity index (χ0) is 50.5. The van der Waals surface area contributed by atoms with Crippen molar-refractivity contribution in [1.29, 1.82) is 0 Å². The van der Waals surface area contributed by atoms with Crippen molar-refractivity contribution >= 4 is 43.1 Å². The van der Waals surface area contributed by atoms with Crippen LogP contribution in [-0.4, -0.2) is 59.1 Å². The van der Waals surface area contributed by atoms with Crippen molar-refractivity contribution in [3.05, 3.63) is 218 Å². The molecule has 0 bridgehead atoms. The minimum absolute atomic E-state index is 0.309. The van der Waals surface area contributed by atoms with Crippen LogP contribution in [-0.2, 0) is 11.2 Å². The van der Waals surface area contributed by atoms with Gasteiger partial charge >= 0.3 is 0 Å². The van der Waals surface area contributed by atoms with E-state index >= 15 is 0 Å². The van der Waals surface area contributed by atoms with Crippen LogP contribution in [0.4, 0.5) is 0 Å². The summed E-state index contributed by atoms with van der Waals surface area (Å²) in [7, 11) is 0. The van der Waals surface area contributed by atoms with Gasteiger partial charge in [-0.25, -0.2) is 0 Å².